The number of hydrogen-bond donors (Lipinski definition) is 1. The topological polar surface area (TPSA) is 54.3 Å². The fraction of sp³-hybridized carbons (Fsp3) is 0.533. The summed E-state index contributed by atoms with van der Waals surface area (Å²) in [5.41, 5.74) is 1.33. The van der Waals surface area contributed by atoms with Gasteiger partial charge in [0.1, 0.15) is 11.5 Å². The number of hydroxylamine groups is 2. The Morgan fingerprint density at radius 3 is 2.50 bits per heavy atom. The number of ether oxygens (including phenoxy) is 2. The summed E-state index contributed by atoms with van der Waals surface area (Å²) in [5.74, 6) is 1.37. The third kappa shape index (κ3) is 2.27. The summed E-state index contributed by atoms with van der Waals surface area (Å²) in [6.07, 6.45) is 0.361. The van der Waals surface area contributed by atoms with Gasteiger partial charge in [-0.3, -0.25) is 4.99 Å². The van der Waals surface area contributed by atoms with Gasteiger partial charge in [0.15, 0.2) is 6.17 Å². The van der Waals surface area contributed by atoms with E-state index in [1.807, 2.05) is 32.9 Å². The van der Waals surface area contributed by atoms with Crippen molar-refractivity contribution in [3.63, 3.8) is 0 Å². The van der Waals surface area contributed by atoms with Crippen molar-refractivity contribution in [2.75, 3.05) is 14.2 Å². The van der Waals surface area contributed by atoms with Crippen LogP contribution < -0.4 is 9.47 Å². The largest absolute Gasteiger partial charge is 0.497 e. The summed E-state index contributed by atoms with van der Waals surface area (Å²) in [5, 5.41) is 11.7. The van der Waals surface area contributed by atoms with Crippen LogP contribution in [-0.4, -0.2) is 35.7 Å². The molecule has 1 atom stereocenters. The molecule has 1 aromatic carbocycles. The maximum atomic E-state index is 10.5. The molecule has 5 heteroatoms. The van der Waals surface area contributed by atoms with Gasteiger partial charge in [0.05, 0.1) is 19.8 Å². The second-order valence-electron chi connectivity index (χ2n) is 5.31. The van der Waals surface area contributed by atoms with E-state index in [2.05, 4.69) is 4.99 Å². The monoisotopic (exact) mass is 278 g/mol. The number of rotatable bonds is 4. The molecule has 5 nitrogen and oxygen atoms in total. The lowest BCUT2D eigenvalue weighted by molar-refractivity contribution is -0.160. The van der Waals surface area contributed by atoms with Crippen LogP contribution in [0.15, 0.2) is 23.2 Å². The summed E-state index contributed by atoms with van der Waals surface area (Å²) in [6.45, 7) is 5.97. The predicted molar refractivity (Wildman–Crippen MR) is 77.7 cm³/mol. The molecule has 1 aromatic rings. The normalized spacial score (nSPS) is 21.7. The van der Waals surface area contributed by atoms with Gasteiger partial charge < -0.3 is 14.7 Å². The van der Waals surface area contributed by atoms with E-state index >= 15 is 0 Å². The van der Waals surface area contributed by atoms with Crippen molar-refractivity contribution in [2.45, 2.75) is 38.9 Å². The van der Waals surface area contributed by atoms with E-state index in [0.717, 1.165) is 17.7 Å². The molecule has 1 aliphatic rings. The molecule has 0 unspecified atom stereocenters. The molecule has 2 rings (SSSR count). The third-order valence-corrected chi connectivity index (χ3v) is 3.84. The van der Waals surface area contributed by atoms with Gasteiger partial charge in [-0.15, -0.1) is 0 Å². The summed E-state index contributed by atoms with van der Waals surface area (Å²) < 4.78 is 10.6. The van der Waals surface area contributed by atoms with Crippen LogP contribution in [0.4, 0.5) is 0 Å². The van der Waals surface area contributed by atoms with Crippen molar-refractivity contribution in [3.8, 4) is 11.5 Å². The van der Waals surface area contributed by atoms with Gasteiger partial charge in [-0.1, -0.05) is 6.92 Å². The lowest BCUT2D eigenvalue weighted by atomic mass is 9.97. The molecule has 1 heterocycles. The van der Waals surface area contributed by atoms with Crippen LogP contribution in [0.25, 0.3) is 0 Å². The highest BCUT2D eigenvalue weighted by molar-refractivity contribution is 5.94. The molecule has 0 radical (unpaired) electrons. The lowest BCUT2D eigenvalue weighted by Gasteiger charge is -2.30. The van der Waals surface area contributed by atoms with Gasteiger partial charge in [-0.25, -0.2) is 0 Å². The van der Waals surface area contributed by atoms with Gasteiger partial charge >= 0.3 is 0 Å². The minimum atomic E-state index is -0.468. The minimum Gasteiger partial charge on any atom is -0.497 e. The Balaban J connectivity index is 2.44. The molecule has 0 bridgehead atoms. The summed E-state index contributed by atoms with van der Waals surface area (Å²) in [6, 6.07) is 5.53. The SMILES string of the molecule is CCC1=N[C@@H](c2ccc(OC)cc2OC)N(O)C1(C)C. The highest BCUT2D eigenvalue weighted by Crippen LogP contribution is 2.40. The van der Waals surface area contributed by atoms with Gasteiger partial charge in [0.2, 0.25) is 0 Å². The van der Waals surface area contributed by atoms with Crippen molar-refractivity contribution in [2.24, 2.45) is 4.99 Å². The van der Waals surface area contributed by atoms with E-state index in [1.165, 1.54) is 5.06 Å². The van der Waals surface area contributed by atoms with E-state index in [-0.39, 0.29) is 0 Å². The molecule has 0 aromatic heterocycles. The number of aliphatic imine (C=N–C) groups is 1. The lowest BCUT2D eigenvalue weighted by Crippen LogP contribution is -2.43. The zero-order valence-electron chi connectivity index (χ0n) is 12.7. The Labute approximate surface area is 119 Å². The van der Waals surface area contributed by atoms with Gasteiger partial charge in [-0.05, 0) is 32.4 Å². The number of nitrogens with zero attached hydrogens (tertiary/aromatic N) is 2. The Bertz CT molecular complexity index is 526. The molecule has 0 saturated carbocycles. The number of benzene rings is 1. The molecule has 0 spiro atoms. The van der Waals surface area contributed by atoms with Crippen LogP contribution in [0.3, 0.4) is 0 Å². The smallest absolute Gasteiger partial charge is 0.154 e. The maximum Gasteiger partial charge on any atom is 0.154 e. The summed E-state index contributed by atoms with van der Waals surface area (Å²) in [4.78, 5) is 4.65. The van der Waals surface area contributed by atoms with Gasteiger partial charge in [0, 0.05) is 17.3 Å². The number of hydrogen-bond acceptors (Lipinski definition) is 5. The third-order valence-electron chi connectivity index (χ3n) is 3.84. The van der Waals surface area contributed by atoms with Crippen molar-refractivity contribution < 1.29 is 14.7 Å². The molecule has 20 heavy (non-hydrogen) atoms. The van der Waals surface area contributed by atoms with Crippen LogP contribution in [-0.2, 0) is 0 Å². The van der Waals surface area contributed by atoms with Crippen LogP contribution in [0.5, 0.6) is 11.5 Å². The van der Waals surface area contributed by atoms with Crippen LogP contribution >= 0.6 is 0 Å². The average Bonchev–Trinajstić information content (AvgIpc) is 2.69. The van der Waals surface area contributed by atoms with Crippen molar-refractivity contribution >= 4 is 5.71 Å². The Morgan fingerprint density at radius 2 is 2.00 bits per heavy atom. The quantitative estimate of drug-likeness (QED) is 0.919. The van der Waals surface area contributed by atoms with Crippen LogP contribution in [0, 0.1) is 0 Å². The molecular formula is C15H22N2O3. The first-order valence-corrected chi connectivity index (χ1v) is 6.73. The summed E-state index contributed by atoms with van der Waals surface area (Å²) in [7, 11) is 3.21. The first-order chi connectivity index (χ1) is 9.45. The molecule has 1 aliphatic heterocycles. The fourth-order valence-electron chi connectivity index (χ4n) is 2.56. The zero-order valence-corrected chi connectivity index (χ0v) is 12.7. The van der Waals surface area contributed by atoms with Crippen molar-refractivity contribution in [3.05, 3.63) is 23.8 Å². The first kappa shape index (κ1) is 14.8. The Kier molecular flexibility index (Phi) is 4.01. The highest BCUT2D eigenvalue weighted by atomic mass is 16.5. The predicted octanol–water partition coefficient (Wildman–Crippen LogP) is 3.04. The Hall–Kier alpha value is -1.59. The van der Waals surface area contributed by atoms with E-state index in [9.17, 15) is 5.21 Å². The van der Waals surface area contributed by atoms with E-state index in [0.29, 0.717) is 11.5 Å². The second kappa shape index (κ2) is 5.42. The van der Waals surface area contributed by atoms with E-state index in [4.69, 9.17) is 9.47 Å². The van der Waals surface area contributed by atoms with Crippen molar-refractivity contribution in [1.82, 2.24) is 5.06 Å². The molecular weight excluding hydrogens is 256 g/mol. The van der Waals surface area contributed by atoms with Crippen LogP contribution in [0.2, 0.25) is 0 Å². The standard InChI is InChI=1S/C15H22N2O3/c1-6-13-15(2,3)17(18)14(16-13)11-8-7-10(19-4)9-12(11)20-5/h7-9,14,18H,6H2,1-5H3/t14-/m1/s1. The minimum absolute atomic E-state index is 0.444. The highest BCUT2D eigenvalue weighted by Gasteiger charge is 2.42. The number of methoxy groups -OCH3 is 2. The first-order valence-electron chi connectivity index (χ1n) is 6.73. The Morgan fingerprint density at radius 1 is 1.30 bits per heavy atom. The molecule has 0 fully saturated rings. The average molecular weight is 278 g/mol. The molecule has 110 valence electrons. The summed E-state index contributed by atoms with van der Waals surface area (Å²) >= 11 is 0. The maximum absolute atomic E-state index is 10.5. The molecule has 0 aliphatic carbocycles. The zero-order chi connectivity index (χ0) is 14.9. The van der Waals surface area contributed by atoms with E-state index < -0.39 is 11.7 Å². The molecule has 0 amide bonds. The molecule has 0 saturated heterocycles. The van der Waals surface area contributed by atoms with Crippen LogP contribution in [0.1, 0.15) is 38.9 Å². The van der Waals surface area contributed by atoms with E-state index in [1.54, 1.807) is 20.3 Å². The van der Waals surface area contributed by atoms with Gasteiger partial charge in [-0.2, -0.15) is 5.06 Å². The molecule has 1 N–H and O–H groups in total. The fourth-order valence-corrected chi connectivity index (χ4v) is 2.56. The second-order valence-corrected chi connectivity index (χ2v) is 5.31. The van der Waals surface area contributed by atoms with Gasteiger partial charge in [0.25, 0.3) is 0 Å². The van der Waals surface area contributed by atoms with Crippen molar-refractivity contribution in [1.29, 1.82) is 0 Å².